The first kappa shape index (κ1) is 28.5. The van der Waals surface area contributed by atoms with E-state index in [2.05, 4.69) is 16.7 Å². The first-order valence-electron chi connectivity index (χ1n) is 14.5. The van der Waals surface area contributed by atoms with Crippen LogP contribution in [0.5, 0.6) is 0 Å². The molecule has 3 aromatic carbocycles. The predicted octanol–water partition coefficient (Wildman–Crippen LogP) is 2.73. The molecule has 8 nitrogen and oxygen atoms in total. The Morgan fingerprint density at radius 3 is 2.27 bits per heavy atom. The van der Waals surface area contributed by atoms with E-state index < -0.39 is 24.2 Å². The lowest BCUT2D eigenvalue weighted by Crippen LogP contribution is -2.50. The van der Waals surface area contributed by atoms with E-state index in [1.807, 2.05) is 72.8 Å². The zero-order valence-corrected chi connectivity index (χ0v) is 23.3. The van der Waals surface area contributed by atoms with Gasteiger partial charge in [0.2, 0.25) is 17.7 Å². The maximum Gasteiger partial charge on any atom is 0.247 e. The summed E-state index contributed by atoms with van der Waals surface area (Å²) in [6, 6.07) is 22.8. The van der Waals surface area contributed by atoms with Crippen LogP contribution in [0.1, 0.15) is 41.5 Å². The number of nitrogens with one attached hydrogen (secondary N) is 2. The Balaban J connectivity index is 1.26. The molecule has 0 unspecified atom stereocenters. The first-order valence-corrected chi connectivity index (χ1v) is 14.5. The van der Waals surface area contributed by atoms with Crippen molar-refractivity contribution in [2.75, 3.05) is 11.9 Å². The van der Waals surface area contributed by atoms with Gasteiger partial charge in [0.1, 0.15) is 6.04 Å². The van der Waals surface area contributed by atoms with E-state index in [0.29, 0.717) is 24.9 Å². The van der Waals surface area contributed by atoms with Gasteiger partial charge in [-0.2, -0.15) is 0 Å². The van der Waals surface area contributed by atoms with Gasteiger partial charge in [0, 0.05) is 18.3 Å². The van der Waals surface area contributed by atoms with Crippen LogP contribution in [0.15, 0.2) is 78.9 Å². The number of nitrogens with zero attached hydrogens (tertiary/aromatic N) is 1. The number of carbonyl (C=O) groups is 3. The van der Waals surface area contributed by atoms with Gasteiger partial charge in [0.25, 0.3) is 0 Å². The minimum absolute atomic E-state index is 0.198. The summed E-state index contributed by atoms with van der Waals surface area (Å²) in [4.78, 5) is 41.7. The summed E-state index contributed by atoms with van der Waals surface area (Å²) < 4.78 is 0. The number of carbonyl (C=O) groups excluding carboxylic acids is 3. The fourth-order valence-electron chi connectivity index (χ4n) is 5.88. The van der Waals surface area contributed by atoms with Crippen molar-refractivity contribution >= 4 is 23.4 Å². The van der Waals surface area contributed by atoms with E-state index in [1.54, 1.807) is 0 Å². The predicted molar refractivity (Wildman–Crippen MR) is 160 cm³/mol. The number of rotatable bonds is 10. The van der Waals surface area contributed by atoms with Crippen molar-refractivity contribution in [3.8, 4) is 0 Å². The number of aryl methyl sites for hydroxylation is 3. The van der Waals surface area contributed by atoms with Crippen LogP contribution in [0.25, 0.3) is 0 Å². The fourth-order valence-corrected chi connectivity index (χ4v) is 5.88. The quantitative estimate of drug-likeness (QED) is 0.307. The van der Waals surface area contributed by atoms with Crippen molar-refractivity contribution in [1.29, 1.82) is 0 Å². The van der Waals surface area contributed by atoms with Crippen molar-refractivity contribution in [3.63, 3.8) is 0 Å². The molecule has 6 N–H and O–H groups in total. The van der Waals surface area contributed by atoms with E-state index in [-0.39, 0.29) is 30.7 Å². The Hall–Kier alpha value is -4.01. The Bertz CT molecular complexity index is 1360. The van der Waals surface area contributed by atoms with Crippen molar-refractivity contribution in [3.05, 3.63) is 101 Å². The molecule has 0 radical (unpaired) electrons. The molecule has 0 bridgehead atoms. The Labute approximate surface area is 241 Å². The molecule has 0 spiro atoms. The number of nitrogens with two attached hydrogens (primary N) is 2. The summed E-state index contributed by atoms with van der Waals surface area (Å²) in [7, 11) is 0. The molecule has 1 fully saturated rings. The second-order valence-electron chi connectivity index (χ2n) is 11.2. The molecule has 0 aromatic heterocycles. The number of fused-ring (bicyclic) bond motifs is 1. The van der Waals surface area contributed by atoms with Crippen LogP contribution in [0.4, 0.5) is 5.69 Å². The molecule has 1 saturated heterocycles. The summed E-state index contributed by atoms with van der Waals surface area (Å²) in [6.07, 6.45) is 4.97. The summed E-state index contributed by atoms with van der Waals surface area (Å²) in [6.45, 7) is 0.198. The van der Waals surface area contributed by atoms with Crippen LogP contribution in [0.3, 0.4) is 0 Å². The van der Waals surface area contributed by atoms with E-state index >= 15 is 0 Å². The number of hydrogen-bond acceptors (Lipinski definition) is 5. The molecule has 4 atom stereocenters. The highest BCUT2D eigenvalue weighted by molar-refractivity contribution is 5.98. The van der Waals surface area contributed by atoms with Gasteiger partial charge in [0.15, 0.2) is 0 Å². The monoisotopic (exact) mass is 553 g/mol. The molecule has 5 rings (SSSR count). The van der Waals surface area contributed by atoms with Gasteiger partial charge in [0.05, 0.1) is 12.1 Å². The van der Waals surface area contributed by atoms with Gasteiger partial charge in [-0.05, 0) is 79.3 Å². The molecule has 1 aliphatic carbocycles. The van der Waals surface area contributed by atoms with Crippen LogP contribution in [-0.4, -0.2) is 53.3 Å². The van der Waals surface area contributed by atoms with Crippen LogP contribution in [0.2, 0.25) is 0 Å². The topological polar surface area (TPSA) is 131 Å². The van der Waals surface area contributed by atoms with E-state index in [4.69, 9.17) is 11.5 Å². The minimum atomic E-state index is -0.764. The van der Waals surface area contributed by atoms with E-state index in [0.717, 1.165) is 30.4 Å². The molecule has 3 amide bonds. The zero-order chi connectivity index (χ0) is 28.8. The fraction of sp³-hybridized carbons (Fsp3) is 0.364. The summed E-state index contributed by atoms with van der Waals surface area (Å²) >= 11 is 0. The minimum Gasteiger partial charge on any atom is -0.350 e. The maximum atomic E-state index is 13.6. The van der Waals surface area contributed by atoms with Crippen LogP contribution < -0.4 is 22.1 Å². The highest BCUT2D eigenvalue weighted by Gasteiger charge is 2.42. The summed E-state index contributed by atoms with van der Waals surface area (Å²) in [5.74, 6) is -0.878. The highest BCUT2D eigenvalue weighted by atomic mass is 16.2. The molecule has 2 aliphatic rings. The lowest BCUT2D eigenvalue weighted by molar-refractivity contribution is -0.137. The Morgan fingerprint density at radius 1 is 0.854 bits per heavy atom. The number of benzene rings is 3. The van der Waals surface area contributed by atoms with Gasteiger partial charge in [-0.1, -0.05) is 66.7 Å². The average Bonchev–Trinajstić information content (AvgIpc) is 3.63. The highest BCUT2D eigenvalue weighted by Crippen LogP contribution is 2.26. The first-order chi connectivity index (χ1) is 19.9. The zero-order valence-electron chi connectivity index (χ0n) is 23.3. The molecule has 1 heterocycles. The van der Waals surface area contributed by atoms with E-state index in [9.17, 15) is 14.4 Å². The van der Waals surface area contributed by atoms with Crippen molar-refractivity contribution in [1.82, 2.24) is 10.2 Å². The van der Waals surface area contributed by atoms with Crippen molar-refractivity contribution in [2.45, 2.75) is 69.1 Å². The SMILES string of the molecule is N[C@@H](Cc1ccccc1)C(=O)N[C@@H]1C[C@@H](C(=O)Nc2ccc3c(c2)CCC3)N(C(=O)[C@@H](N)CCc2ccccc2)C1. The van der Waals surface area contributed by atoms with Crippen LogP contribution in [-0.2, 0) is 40.1 Å². The third-order valence-electron chi connectivity index (χ3n) is 8.14. The molecule has 0 saturated carbocycles. The summed E-state index contributed by atoms with van der Waals surface area (Å²) in [5, 5.41) is 6.00. The Morgan fingerprint density at radius 2 is 1.54 bits per heavy atom. The van der Waals surface area contributed by atoms with Gasteiger partial charge in [-0.25, -0.2) is 0 Å². The lowest BCUT2D eigenvalue weighted by atomic mass is 10.0. The Kier molecular flexibility index (Phi) is 9.11. The van der Waals surface area contributed by atoms with Gasteiger partial charge in [-0.15, -0.1) is 0 Å². The second kappa shape index (κ2) is 13.1. The third-order valence-corrected chi connectivity index (χ3v) is 8.14. The van der Waals surface area contributed by atoms with Gasteiger partial charge in [-0.3, -0.25) is 14.4 Å². The molecule has 3 aromatic rings. The van der Waals surface area contributed by atoms with Crippen molar-refractivity contribution in [2.24, 2.45) is 11.5 Å². The molecule has 214 valence electrons. The molecule has 8 heteroatoms. The summed E-state index contributed by atoms with van der Waals surface area (Å²) in [5.41, 5.74) is 17.9. The number of anilines is 1. The largest absolute Gasteiger partial charge is 0.350 e. The molecular weight excluding hydrogens is 514 g/mol. The number of likely N-dealkylation sites (tertiary alicyclic amines) is 1. The molecule has 1 aliphatic heterocycles. The average molecular weight is 554 g/mol. The third kappa shape index (κ3) is 7.20. The van der Waals surface area contributed by atoms with Crippen molar-refractivity contribution < 1.29 is 14.4 Å². The van der Waals surface area contributed by atoms with E-state index in [1.165, 1.54) is 16.0 Å². The second-order valence-corrected chi connectivity index (χ2v) is 11.2. The van der Waals surface area contributed by atoms with Gasteiger partial charge >= 0.3 is 0 Å². The lowest BCUT2D eigenvalue weighted by Gasteiger charge is -2.27. The molecule has 41 heavy (non-hydrogen) atoms. The smallest absolute Gasteiger partial charge is 0.247 e. The maximum absolute atomic E-state index is 13.6. The normalized spacial score (nSPS) is 19.3. The van der Waals surface area contributed by atoms with Crippen LogP contribution >= 0.6 is 0 Å². The number of amides is 3. The van der Waals surface area contributed by atoms with Gasteiger partial charge < -0.3 is 27.0 Å². The van der Waals surface area contributed by atoms with Crippen LogP contribution in [0, 0.1) is 0 Å². The molecular formula is C33H39N5O3. The standard InChI is InChI=1S/C33H39N5O3/c34-28(17-14-22-8-3-1-4-9-22)33(41)38-21-27(37-31(39)29(35)18-23-10-5-2-6-11-23)20-30(38)32(40)36-26-16-15-24-12-7-13-25(24)19-26/h1-6,8-11,15-16,19,27-30H,7,12-14,17-18,20-21,34-35H2,(H,36,40)(H,37,39)/t27-,28+,29+,30+/m1/s1. The number of hydrogen-bond donors (Lipinski definition) is 4.